The monoisotopic (exact) mass is 478 g/mol. The van der Waals surface area contributed by atoms with Crippen molar-refractivity contribution in [3.8, 4) is 16.9 Å². The van der Waals surface area contributed by atoms with Gasteiger partial charge < -0.3 is 20.3 Å². The van der Waals surface area contributed by atoms with Gasteiger partial charge in [-0.15, -0.1) is 0 Å². The number of anilines is 4. The van der Waals surface area contributed by atoms with Crippen LogP contribution in [0.1, 0.15) is 59.2 Å². The zero-order valence-electron chi connectivity index (χ0n) is 23.0. The zero-order chi connectivity index (χ0) is 27.4. The first-order valence-corrected chi connectivity index (χ1v) is 11.4. The van der Waals surface area contributed by atoms with Gasteiger partial charge in [-0.3, -0.25) is 14.3 Å². The number of methoxy groups -OCH3 is 1. The summed E-state index contributed by atoms with van der Waals surface area (Å²) in [6, 6.07) is 1.45. The number of fused-ring (bicyclic) bond motifs is 3. The maximum absolute atomic E-state index is 13.0. The van der Waals surface area contributed by atoms with Gasteiger partial charge in [-0.1, -0.05) is 6.85 Å². The summed E-state index contributed by atoms with van der Waals surface area (Å²) in [4.78, 5) is 36.2. The van der Waals surface area contributed by atoms with E-state index in [0.717, 1.165) is 35.3 Å². The zero-order valence-corrected chi connectivity index (χ0v) is 20.0. The highest BCUT2D eigenvalue weighted by molar-refractivity contribution is 6.03. The van der Waals surface area contributed by atoms with E-state index < -0.39 is 19.1 Å². The topological polar surface area (TPSA) is 114 Å². The van der Waals surface area contributed by atoms with Crippen molar-refractivity contribution in [2.75, 3.05) is 29.7 Å². The highest BCUT2D eigenvalue weighted by Crippen LogP contribution is 2.50. The standard InChI is InChI=1S/C25H29N7O3/c1-6-18(33)15-10-26-20(29-25(34)14-7-8-14)9-17(15)28-24-23-21(19(35-5)11-27-24)16-12-31(3)30-22(16)13(2)32(23)4/h9-14H,6-8H2,1-5H3,(H2,26,27,28,29,34)/t13-/m0/s1/i1D3. The molecule has 35 heavy (non-hydrogen) atoms. The van der Waals surface area contributed by atoms with Crippen LogP contribution in [0.4, 0.5) is 23.0 Å². The number of nitrogens with one attached hydrogen (secondary N) is 2. The number of hydrogen-bond acceptors (Lipinski definition) is 8. The van der Waals surface area contributed by atoms with E-state index in [4.69, 9.17) is 8.85 Å². The van der Waals surface area contributed by atoms with Crippen LogP contribution >= 0.6 is 0 Å². The van der Waals surface area contributed by atoms with Crippen molar-refractivity contribution in [3.05, 3.63) is 35.9 Å². The van der Waals surface area contributed by atoms with E-state index in [9.17, 15) is 9.59 Å². The maximum Gasteiger partial charge on any atom is 0.228 e. The molecule has 0 saturated heterocycles. The Balaban J connectivity index is 1.61. The molecule has 1 aliphatic heterocycles. The molecule has 0 unspecified atom stereocenters. The van der Waals surface area contributed by atoms with Gasteiger partial charge >= 0.3 is 0 Å². The SMILES string of the molecule is [2H]C([2H])([2H])CC(=O)c1cnc(NC(=O)C2CC2)cc1Nc1ncc(OC)c2c1N(C)[C@@H](C)c1nn(C)cc1-2. The van der Waals surface area contributed by atoms with Gasteiger partial charge in [0.2, 0.25) is 5.91 Å². The van der Waals surface area contributed by atoms with Crippen LogP contribution < -0.4 is 20.3 Å². The molecule has 0 spiro atoms. The predicted octanol–water partition coefficient (Wildman–Crippen LogP) is 4.08. The number of pyridine rings is 2. The average Bonchev–Trinajstić information content (AvgIpc) is 3.62. The van der Waals surface area contributed by atoms with Gasteiger partial charge in [0, 0.05) is 54.6 Å². The summed E-state index contributed by atoms with van der Waals surface area (Å²) in [7, 11) is 5.35. The van der Waals surface area contributed by atoms with Crippen LogP contribution in [0.3, 0.4) is 0 Å². The second-order valence-corrected chi connectivity index (χ2v) is 8.89. The first-order chi connectivity index (χ1) is 18.0. The molecule has 1 fully saturated rings. The lowest BCUT2D eigenvalue weighted by Crippen LogP contribution is -2.27. The second-order valence-electron chi connectivity index (χ2n) is 8.89. The molecular formula is C25H29N7O3. The van der Waals surface area contributed by atoms with Crippen molar-refractivity contribution in [1.29, 1.82) is 0 Å². The van der Waals surface area contributed by atoms with Gasteiger partial charge in [-0.25, -0.2) is 9.97 Å². The Hall–Kier alpha value is -3.95. The van der Waals surface area contributed by atoms with Crippen LogP contribution in [0, 0.1) is 5.92 Å². The summed E-state index contributed by atoms with van der Waals surface area (Å²) < 4.78 is 30.1. The summed E-state index contributed by atoms with van der Waals surface area (Å²) in [6.07, 6.45) is 5.81. The van der Waals surface area contributed by atoms with Gasteiger partial charge in [-0.2, -0.15) is 5.10 Å². The molecule has 0 bridgehead atoms. The van der Waals surface area contributed by atoms with Crippen LogP contribution in [0.25, 0.3) is 11.1 Å². The molecule has 0 radical (unpaired) electrons. The number of ketones is 1. The van der Waals surface area contributed by atoms with Gasteiger partial charge in [0.1, 0.15) is 11.6 Å². The number of carbonyl (C=O) groups is 2. The van der Waals surface area contributed by atoms with E-state index >= 15 is 0 Å². The predicted molar refractivity (Wildman–Crippen MR) is 133 cm³/mol. The number of Topliss-reactive ketones (excluding diaryl/α,β-unsaturated/α-hetero) is 1. The largest absolute Gasteiger partial charge is 0.494 e. The average molecular weight is 479 g/mol. The summed E-state index contributed by atoms with van der Waals surface area (Å²) in [5, 5.41) is 10.6. The number of rotatable bonds is 7. The quantitative estimate of drug-likeness (QED) is 0.488. The van der Waals surface area contributed by atoms with Crippen molar-refractivity contribution >= 4 is 34.7 Å². The van der Waals surface area contributed by atoms with E-state index in [1.165, 1.54) is 12.3 Å². The Morgan fingerprint density at radius 2 is 2.06 bits per heavy atom. The van der Waals surface area contributed by atoms with E-state index in [0.29, 0.717) is 17.3 Å². The molecular weight excluding hydrogens is 446 g/mol. The van der Waals surface area contributed by atoms with E-state index in [1.807, 2.05) is 32.1 Å². The van der Waals surface area contributed by atoms with Crippen molar-refractivity contribution in [3.63, 3.8) is 0 Å². The molecule has 10 heteroatoms. The Labute approximate surface area is 207 Å². The first kappa shape index (κ1) is 19.4. The number of aromatic nitrogens is 4. The van der Waals surface area contributed by atoms with Crippen LogP contribution in [0.15, 0.2) is 24.7 Å². The highest BCUT2D eigenvalue weighted by Gasteiger charge is 2.34. The van der Waals surface area contributed by atoms with Crippen molar-refractivity contribution in [2.45, 2.75) is 39.1 Å². The molecule has 5 rings (SSSR count). The third-order valence-electron chi connectivity index (χ3n) is 6.51. The number of carbonyl (C=O) groups excluding carboxylic acids is 2. The van der Waals surface area contributed by atoms with Gasteiger partial charge in [0.05, 0.1) is 47.5 Å². The lowest BCUT2D eigenvalue weighted by molar-refractivity contribution is -0.117. The molecule has 4 heterocycles. The molecule has 10 nitrogen and oxygen atoms in total. The molecule has 1 amide bonds. The minimum Gasteiger partial charge on any atom is -0.494 e. The van der Waals surface area contributed by atoms with Crippen LogP contribution in [0.2, 0.25) is 0 Å². The molecule has 1 aliphatic carbocycles. The van der Waals surface area contributed by atoms with Crippen LogP contribution in [-0.2, 0) is 11.8 Å². The minimum atomic E-state index is -2.45. The smallest absolute Gasteiger partial charge is 0.228 e. The van der Waals surface area contributed by atoms with Gasteiger partial charge in [0.25, 0.3) is 0 Å². The number of nitrogens with zero attached hydrogens (tertiary/aromatic N) is 5. The van der Waals surface area contributed by atoms with Crippen molar-refractivity contribution < 1.29 is 18.4 Å². The van der Waals surface area contributed by atoms with Crippen molar-refractivity contribution in [2.24, 2.45) is 13.0 Å². The fraction of sp³-hybridized carbons (Fsp3) is 0.400. The molecule has 3 aromatic heterocycles. The summed E-state index contributed by atoms with van der Waals surface area (Å²) >= 11 is 0. The number of aryl methyl sites for hydroxylation is 1. The fourth-order valence-electron chi connectivity index (χ4n) is 4.36. The highest BCUT2D eigenvalue weighted by atomic mass is 16.5. The van der Waals surface area contributed by atoms with Gasteiger partial charge in [-0.05, 0) is 19.8 Å². The third kappa shape index (κ3) is 3.98. The Kier molecular flexibility index (Phi) is 4.80. The molecule has 2 aliphatic rings. The normalized spacial score (nSPS) is 18.0. The molecule has 1 saturated carbocycles. The summed E-state index contributed by atoms with van der Waals surface area (Å²) in [6.45, 7) is -0.418. The lowest BCUT2D eigenvalue weighted by Gasteiger charge is -2.34. The van der Waals surface area contributed by atoms with E-state index in [1.54, 1.807) is 18.0 Å². The minimum absolute atomic E-state index is 0.0378. The molecule has 1 atom stereocenters. The molecule has 2 N–H and O–H groups in total. The fourth-order valence-corrected chi connectivity index (χ4v) is 4.36. The van der Waals surface area contributed by atoms with Crippen LogP contribution in [-0.4, -0.2) is 45.6 Å². The van der Waals surface area contributed by atoms with Gasteiger partial charge in [0.15, 0.2) is 11.6 Å². The molecule has 182 valence electrons. The third-order valence-corrected chi connectivity index (χ3v) is 6.51. The summed E-state index contributed by atoms with van der Waals surface area (Å²) in [5.41, 5.74) is 3.69. The number of hydrogen-bond donors (Lipinski definition) is 2. The molecule has 3 aromatic rings. The lowest BCUT2D eigenvalue weighted by atomic mass is 9.95. The molecule has 0 aromatic carbocycles. The summed E-state index contributed by atoms with van der Waals surface area (Å²) in [5.74, 6) is 0.474. The van der Waals surface area contributed by atoms with E-state index in [2.05, 4.69) is 25.7 Å². The Bertz CT molecular complexity index is 1430. The number of ether oxygens (including phenoxy) is 1. The Morgan fingerprint density at radius 3 is 2.77 bits per heavy atom. The number of amides is 1. The maximum atomic E-state index is 13.0. The van der Waals surface area contributed by atoms with Crippen LogP contribution in [0.5, 0.6) is 5.75 Å². The second kappa shape index (κ2) is 8.68. The Morgan fingerprint density at radius 1 is 1.26 bits per heavy atom. The van der Waals surface area contributed by atoms with Crippen molar-refractivity contribution in [1.82, 2.24) is 19.7 Å². The van der Waals surface area contributed by atoms with E-state index in [-0.39, 0.29) is 29.2 Å². The first-order valence-electron chi connectivity index (χ1n) is 12.9.